The van der Waals surface area contributed by atoms with Crippen molar-refractivity contribution in [3.8, 4) is 0 Å². The summed E-state index contributed by atoms with van der Waals surface area (Å²) in [5, 5.41) is 3.06. The lowest BCUT2D eigenvalue weighted by atomic mass is 9.76. The number of ketones is 1. The van der Waals surface area contributed by atoms with Crippen LogP contribution in [0.2, 0.25) is 0 Å². The Balaban J connectivity index is 2.23. The van der Waals surface area contributed by atoms with Crippen LogP contribution in [-0.2, 0) is 5.41 Å². The van der Waals surface area contributed by atoms with Crippen LogP contribution in [0.4, 0.5) is 0 Å². The lowest BCUT2D eigenvalue weighted by molar-refractivity contribution is 0.101. The fourth-order valence-electron chi connectivity index (χ4n) is 2.26. The molecule has 0 spiro atoms. The van der Waals surface area contributed by atoms with Gasteiger partial charge in [-0.25, -0.2) is 4.98 Å². The van der Waals surface area contributed by atoms with Crippen LogP contribution in [0.5, 0.6) is 0 Å². The maximum absolute atomic E-state index is 11.2. The Bertz CT molecular complexity index is 363. The molecule has 2 rings (SSSR count). The van der Waals surface area contributed by atoms with Crippen molar-refractivity contribution in [2.75, 3.05) is 0 Å². The first-order valence-corrected chi connectivity index (χ1v) is 6.47. The van der Waals surface area contributed by atoms with Crippen LogP contribution in [0.1, 0.15) is 61.4 Å². The van der Waals surface area contributed by atoms with E-state index in [1.54, 1.807) is 18.3 Å². The average molecular weight is 223 g/mol. The Hall–Kier alpha value is -0.700. The second-order valence-electron chi connectivity index (χ2n) is 4.72. The molecule has 0 radical (unpaired) electrons. The number of carbonyl (C=O) groups is 1. The van der Waals surface area contributed by atoms with Crippen LogP contribution >= 0.6 is 11.3 Å². The highest BCUT2D eigenvalue weighted by molar-refractivity contribution is 7.10. The topological polar surface area (TPSA) is 30.0 Å². The zero-order valence-electron chi connectivity index (χ0n) is 9.38. The van der Waals surface area contributed by atoms with E-state index in [2.05, 4.69) is 11.9 Å². The molecule has 2 nitrogen and oxygen atoms in total. The van der Waals surface area contributed by atoms with Gasteiger partial charge in [0.15, 0.2) is 5.78 Å². The van der Waals surface area contributed by atoms with E-state index in [4.69, 9.17) is 0 Å². The predicted molar refractivity (Wildman–Crippen MR) is 62.6 cm³/mol. The van der Waals surface area contributed by atoms with E-state index in [9.17, 15) is 4.79 Å². The van der Waals surface area contributed by atoms with Crippen LogP contribution in [0, 0.1) is 0 Å². The van der Waals surface area contributed by atoms with Crippen LogP contribution < -0.4 is 0 Å². The van der Waals surface area contributed by atoms with Crippen molar-refractivity contribution in [3.63, 3.8) is 0 Å². The molecule has 1 heterocycles. The first-order chi connectivity index (χ1) is 7.12. The first-order valence-electron chi connectivity index (χ1n) is 5.59. The van der Waals surface area contributed by atoms with E-state index in [0.717, 1.165) is 5.01 Å². The van der Waals surface area contributed by atoms with E-state index < -0.39 is 0 Å². The molecule has 1 aromatic rings. The lowest BCUT2D eigenvalue weighted by Crippen LogP contribution is -2.24. The molecule has 0 amide bonds. The molecule has 3 heteroatoms. The van der Waals surface area contributed by atoms with Crippen LogP contribution in [0.25, 0.3) is 0 Å². The van der Waals surface area contributed by atoms with Gasteiger partial charge in [-0.2, -0.15) is 0 Å². The van der Waals surface area contributed by atoms with Crippen molar-refractivity contribution < 1.29 is 4.79 Å². The molecule has 0 aliphatic heterocycles. The zero-order valence-corrected chi connectivity index (χ0v) is 10.2. The van der Waals surface area contributed by atoms with Crippen molar-refractivity contribution in [2.24, 2.45) is 0 Å². The molecule has 1 aliphatic carbocycles. The number of nitrogens with zero attached hydrogens (tertiary/aromatic N) is 1. The lowest BCUT2D eigenvalue weighted by Gasteiger charge is -2.31. The highest BCUT2D eigenvalue weighted by Gasteiger charge is 2.31. The number of hydrogen-bond acceptors (Lipinski definition) is 3. The number of thiazole rings is 1. The van der Waals surface area contributed by atoms with E-state index in [1.165, 1.54) is 32.1 Å². The molecule has 82 valence electrons. The fourth-order valence-corrected chi connectivity index (χ4v) is 3.34. The molecule has 0 N–H and O–H groups in total. The van der Waals surface area contributed by atoms with Gasteiger partial charge in [-0.05, 0) is 12.8 Å². The molecule has 0 aromatic carbocycles. The fraction of sp³-hybridized carbons (Fsp3) is 0.667. The average Bonchev–Trinajstić information content (AvgIpc) is 2.68. The summed E-state index contributed by atoms with van der Waals surface area (Å²) in [5.74, 6) is 0.0805. The van der Waals surface area contributed by atoms with Crippen LogP contribution in [0.3, 0.4) is 0 Å². The normalized spacial score (nSPS) is 20.1. The molecular formula is C12H17NOS. The zero-order chi connectivity index (χ0) is 10.9. The third-order valence-corrected chi connectivity index (χ3v) is 4.49. The number of Topliss-reactive ketones (excluding diaryl/α,β-unsaturated/α-hetero) is 1. The maximum atomic E-state index is 11.2. The summed E-state index contributed by atoms with van der Waals surface area (Å²) >= 11 is 1.65. The summed E-state index contributed by atoms with van der Waals surface area (Å²) in [7, 11) is 0. The van der Waals surface area contributed by atoms with Crippen molar-refractivity contribution >= 4 is 17.1 Å². The smallest absolute Gasteiger partial charge is 0.178 e. The van der Waals surface area contributed by atoms with Crippen molar-refractivity contribution in [1.82, 2.24) is 4.98 Å². The Labute approximate surface area is 94.7 Å². The van der Waals surface area contributed by atoms with Crippen molar-refractivity contribution in [1.29, 1.82) is 0 Å². The van der Waals surface area contributed by atoms with Crippen LogP contribution in [0.15, 0.2) is 5.38 Å². The SMILES string of the molecule is CC(=O)c1csc(C2(C)CCCCC2)n1. The molecule has 0 saturated heterocycles. The van der Waals surface area contributed by atoms with E-state index in [0.29, 0.717) is 5.69 Å². The van der Waals surface area contributed by atoms with Crippen LogP contribution in [-0.4, -0.2) is 10.8 Å². The third-order valence-electron chi connectivity index (χ3n) is 3.34. The van der Waals surface area contributed by atoms with Gasteiger partial charge in [-0.3, -0.25) is 4.79 Å². The van der Waals surface area contributed by atoms with Gasteiger partial charge >= 0.3 is 0 Å². The monoisotopic (exact) mass is 223 g/mol. The molecule has 1 aromatic heterocycles. The minimum atomic E-state index is 0.0805. The summed E-state index contributed by atoms with van der Waals surface area (Å²) in [4.78, 5) is 15.7. The highest BCUT2D eigenvalue weighted by Crippen LogP contribution is 2.40. The standard InChI is InChI=1S/C12H17NOS/c1-9(14)10-8-15-11(13-10)12(2)6-4-3-5-7-12/h8H,3-7H2,1-2H3. The number of rotatable bonds is 2. The molecule has 0 unspecified atom stereocenters. The molecular weight excluding hydrogens is 206 g/mol. The van der Waals surface area contributed by atoms with E-state index in [1.807, 2.05) is 5.38 Å². The minimum absolute atomic E-state index is 0.0805. The van der Waals surface area contributed by atoms with Gasteiger partial charge < -0.3 is 0 Å². The van der Waals surface area contributed by atoms with Gasteiger partial charge in [-0.1, -0.05) is 26.2 Å². The summed E-state index contributed by atoms with van der Waals surface area (Å²) in [6, 6.07) is 0. The molecule has 0 bridgehead atoms. The molecule has 1 fully saturated rings. The summed E-state index contributed by atoms with van der Waals surface area (Å²) in [6.45, 7) is 3.87. The Morgan fingerprint density at radius 2 is 2.07 bits per heavy atom. The number of hydrogen-bond donors (Lipinski definition) is 0. The molecule has 0 atom stereocenters. The van der Waals surface area contributed by atoms with Gasteiger partial charge in [0.05, 0.1) is 5.01 Å². The predicted octanol–water partition coefficient (Wildman–Crippen LogP) is 3.57. The molecule has 15 heavy (non-hydrogen) atoms. The van der Waals surface area contributed by atoms with Gasteiger partial charge in [0.25, 0.3) is 0 Å². The third kappa shape index (κ3) is 2.12. The Morgan fingerprint density at radius 3 is 2.60 bits per heavy atom. The maximum Gasteiger partial charge on any atom is 0.178 e. The van der Waals surface area contributed by atoms with Gasteiger partial charge in [0.2, 0.25) is 0 Å². The second-order valence-corrected chi connectivity index (χ2v) is 5.57. The Kier molecular flexibility index (Phi) is 2.91. The summed E-state index contributed by atoms with van der Waals surface area (Å²) in [5.41, 5.74) is 0.873. The molecule has 1 saturated carbocycles. The summed E-state index contributed by atoms with van der Waals surface area (Å²) in [6.07, 6.45) is 6.38. The van der Waals surface area contributed by atoms with Crippen molar-refractivity contribution in [2.45, 2.75) is 51.4 Å². The largest absolute Gasteiger partial charge is 0.293 e. The minimum Gasteiger partial charge on any atom is -0.293 e. The number of carbonyl (C=O) groups excluding carboxylic acids is 1. The van der Waals surface area contributed by atoms with Gasteiger partial charge in [0.1, 0.15) is 5.69 Å². The Morgan fingerprint density at radius 1 is 1.40 bits per heavy atom. The number of aromatic nitrogens is 1. The van der Waals surface area contributed by atoms with E-state index in [-0.39, 0.29) is 11.2 Å². The second kappa shape index (κ2) is 4.05. The van der Waals surface area contributed by atoms with E-state index >= 15 is 0 Å². The molecule has 1 aliphatic rings. The summed E-state index contributed by atoms with van der Waals surface area (Å²) < 4.78 is 0. The quantitative estimate of drug-likeness (QED) is 0.717. The first kappa shape index (κ1) is 10.8. The van der Waals surface area contributed by atoms with Gasteiger partial charge in [-0.15, -0.1) is 11.3 Å². The highest BCUT2D eigenvalue weighted by atomic mass is 32.1. The van der Waals surface area contributed by atoms with Gasteiger partial charge in [0, 0.05) is 17.7 Å². The van der Waals surface area contributed by atoms with Crippen molar-refractivity contribution in [3.05, 3.63) is 16.1 Å².